The van der Waals surface area contributed by atoms with Crippen molar-refractivity contribution >= 4 is 17.7 Å². The quantitative estimate of drug-likeness (QED) is 0.595. The Labute approximate surface area is 87.8 Å². The smallest absolute Gasteiger partial charge is 0.238 e. The summed E-state index contributed by atoms with van der Waals surface area (Å²) in [6, 6.07) is -0.0329. The van der Waals surface area contributed by atoms with Crippen molar-refractivity contribution < 1.29 is 9.90 Å². The van der Waals surface area contributed by atoms with Crippen LogP contribution in [0.5, 0.6) is 0 Å². The lowest BCUT2D eigenvalue weighted by molar-refractivity contribution is -0.122. The molecule has 2 fully saturated rings. The fourth-order valence-corrected chi connectivity index (χ4v) is 2.47. The molecule has 1 aliphatic heterocycles. The first-order valence-corrected chi connectivity index (χ1v) is 6.11. The summed E-state index contributed by atoms with van der Waals surface area (Å²) in [7, 11) is 0. The molecule has 0 aromatic heterocycles. The normalized spacial score (nSPS) is 28.8. The average Bonchev–Trinajstić information content (AvgIpc) is 2.78. The van der Waals surface area contributed by atoms with Crippen LogP contribution in [0, 0.1) is 5.41 Å². The number of aliphatic hydroxyl groups excluding tert-OH is 1. The van der Waals surface area contributed by atoms with Crippen molar-refractivity contribution in [1.29, 1.82) is 0 Å². The standard InChI is InChI=1S/C9H16N2O2S/c12-5-9(1-2-9)4-10-8(13)7-3-14-6-11-7/h7,11-12H,1-6H2,(H,10,13)/t7-/m1/s1. The van der Waals surface area contributed by atoms with Crippen LogP contribution in [0.15, 0.2) is 0 Å². The Morgan fingerprint density at radius 2 is 2.43 bits per heavy atom. The first kappa shape index (κ1) is 10.3. The monoisotopic (exact) mass is 216 g/mol. The minimum atomic E-state index is -0.0329. The summed E-state index contributed by atoms with van der Waals surface area (Å²) in [5.74, 6) is 1.80. The van der Waals surface area contributed by atoms with E-state index in [1.807, 2.05) is 0 Å². The molecule has 1 heterocycles. The van der Waals surface area contributed by atoms with E-state index in [4.69, 9.17) is 5.11 Å². The zero-order valence-corrected chi connectivity index (χ0v) is 8.90. The molecule has 5 heteroatoms. The van der Waals surface area contributed by atoms with Gasteiger partial charge in [-0.05, 0) is 12.8 Å². The third kappa shape index (κ3) is 2.21. The molecule has 3 N–H and O–H groups in total. The van der Waals surface area contributed by atoms with E-state index in [1.54, 1.807) is 11.8 Å². The van der Waals surface area contributed by atoms with Crippen LogP contribution in [0.4, 0.5) is 0 Å². The molecule has 0 unspecified atom stereocenters. The number of thioether (sulfide) groups is 1. The van der Waals surface area contributed by atoms with Gasteiger partial charge in [-0.25, -0.2) is 0 Å². The predicted octanol–water partition coefficient (Wildman–Crippen LogP) is -0.462. The van der Waals surface area contributed by atoms with E-state index in [9.17, 15) is 4.79 Å². The SMILES string of the molecule is O=C(NCC1(CO)CC1)[C@H]1CSCN1. The van der Waals surface area contributed by atoms with E-state index in [1.165, 1.54) is 0 Å². The van der Waals surface area contributed by atoms with Gasteiger partial charge in [-0.1, -0.05) is 0 Å². The molecule has 1 saturated heterocycles. The van der Waals surface area contributed by atoms with Gasteiger partial charge < -0.3 is 10.4 Å². The molecule has 1 amide bonds. The van der Waals surface area contributed by atoms with Crippen molar-refractivity contribution in [2.75, 3.05) is 24.8 Å². The summed E-state index contributed by atoms with van der Waals surface area (Å²) >= 11 is 1.74. The maximum atomic E-state index is 11.6. The van der Waals surface area contributed by atoms with Crippen LogP contribution in [0.25, 0.3) is 0 Å². The first-order chi connectivity index (χ1) is 6.76. The summed E-state index contributed by atoms with van der Waals surface area (Å²) in [6.45, 7) is 0.825. The van der Waals surface area contributed by atoms with Gasteiger partial charge in [0.15, 0.2) is 0 Å². The van der Waals surface area contributed by atoms with Gasteiger partial charge >= 0.3 is 0 Å². The predicted molar refractivity (Wildman–Crippen MR) is 56.0 cm³/mol. The van der Waals surface area contributed by atoms with Crippen molar-refractivity contribution in [2.45, 2.75) is 18.9 Å². The molecule has 80 valence electrons. The number of hydrogen-bond acceptors (Lipinski definition) is 4. The fourth-order valence-electron chi connectivity index (χ4n) is 1.53. The molecule has 2 rings (SSSR count). The number of rotatable bonds is 4. The number of nitrogens with one attached hydrogen (secondary N) is 2. The second-order valence-electron chi connectivity index (χ2n) is 4.15. The number of carbonyl (C=O) groups excluding carboxylic acids is 1. The largest absolute Gasteiger partial charge is 0.396 e. The lowest BCUT2D eigenvalue weighted by atomic mass is 10.1. The lowest BCUT2D eigenvalue weighted by Crippen LogP contribution is -2.44. The number of amides is 1. The second kappa shape index (κ2) is 4.08. The van der Waals surface area contributed by atoms with Crippen molar-refractivity contribution in [3.8, 4) is 0 Å². The zero-order valence-electron chi connectivity index (χ0n) is 8.08. The summed E-state index contributed by atoms with van der Waals surface area (Å²) in [5.41, 5.74) is 0.0153. The van der Waals surface area contributed by atoms with E-state index in [2.05, 4.69) is 10.6 Å². The van der Waals surface area contributed by atoms with Gasteiger partial charge in [0, 0.05) is 23.6 Å². The molecule has 1 saturated carbocycles. The summed E-state index contributed by atoms with van der Waals surface area (Å²) in [4.78, 5) is 11.6. The molecule has 14 heavy (non-hydrogen) atoms. The molecule has 2 aliphatic rings. The second-order valence-corrected chi connectivity index (χ2v) is 5.18. The van der Waals surface area contributed by atoms with Gasteiger partial charge in [-0.15, -0.1) is 11.8 Å². The van der Waals surface area contributed by atoms with Crippen LogP contribution >= 0.6 is 11.8 Å². The summed E-state index contributed by atoms with van der Waals surface area (Å²) in [6.07, 6.45) is 2.08. The van der Waals surface area contributed by atoms with E-state index < -0.39 is 0 Å². The highest BCUT2D eigenvalue weighted by atomic mass is 32.2. The van der Waals surface area contributed by atoms with Gasteiger partial charge in [-0.2, -0.15) is 0 Å². The van der Waals surface area contributed by atoms with E-state index in [0.717, 1.165) is 24.5 Å². The maximum absolute atomic E-state index is 11.6. The van der Waals surface area contributed by atoms with Crippen LogP contribution in [0.1, 0.15) is 12.8 Å². The third-order valence-electron chi connectivity index (χ3n) is 2.96. The Balaban J connectivity index is 1.72. The Hall–Kier alpha value is -0.260. The molecular formula is C9H16N2O2S. The van der Waals surface area contributed by atoms with E-state index in [-0.39, 0.29) is 24.0 Å². The number of hydrogen-bond donors (Lipinski definition) is 3. The van der Waals surface area contributed by atoms with Gasteiger partial charge in [0.2, 0.25) is 5.91 Å². The first-order valence-electron chi connectivity index (χ1n) is 4.95. The lowest BCUT2D eigenvalue weighted by Gasteiger charge is -2.15. The number of carbonyl (C=O) groups is 1. The molecule has 0 spiro atoms. The van der Waals surface area contributed by atoms with E-state index in [0.29, 0.717) is 6.54 Å². The average molecular weight is 216 g/mol. The molecule has 1 aliphatic carbocycles. The van der Waals surface area contributed by atoms with Gasteiger partial charge in [-0.3, -0.25) is 10.1 Å². The molecule has 0 aromatic rings. The third-order valence-corrected chi connectivity index (χ3v) is 3.90. The van der Waals surface area contributed by atoms with Crippen molar-refractivity contribution in [3.05, 3.63) is 0 Å². The topological polar surface area (TPSA) is 61.4 Å². The zero-order chi connectivity index (χ0) is 10.0. The number of aliphatic hydroxyl groups is 1. The highest BCUT2D eigenvalue weighted by Crippen LogP contribution is 2.44. The van der Waals surface area contributed by atoms with Crippen LogP contribution in [-0.4, -0.2) is 41.8 Å². The molecule has 1 atom stereocenters. The van der Waals surface area contributed by atoms with Gasteiger partial charge in [0.25, 0.3) is 0 Å². The van der Waals surface area contributed by atoms with Gasteiger partial charge in [0.05, 0.1) is 12.6 Å². The van der Waals surface area contributed by atoms with Crippen LogP contribution in [0.3, 0.4) is 0 Å². The molecule has 0 bridgehead atoms. The minimum Gasteiger partial charge on any atom is -0.396 e. The highest BCUT2D eigenvalue weighted by molar-refractivity contribution is 7.99. The Morgan fingerprint density at radius 3 is 2.93 bits per heavy atom. The molecular weight excluding hydrogens is 200 g/mol. The van der Waals surface area contributed by atoms with Crippen LogP contribution in [-0.2, 0) is 4.79 Å². The minimum absolute atomic E-state index is 0.0153. The molecule has 4 nitrogen and oxygen atoms in total. The molecule has 0 radical (unpaired) electrons. The summed E-state index contributed by atoms with van der Waals surface area (Å²) < 4.78 is 0. The van der Waals surface area contributed by atoms with Crippen molar-refractivity contribution in [1.82, 2.24) is 10.6 Å². The fraction of sp³-hybridized carbons (Fsp3) is 0.889. The Bertz CT molecular complexity index is 225. The van der Waals surface area contributed by atoms with Crippen LogP contribution in [0.2, 0.25) is 0 Å². The van der Waals surface area contributed by atoms with E-state index >= 15 is 0 Å². The van der Waals surface area contributed by atoms with Crippen molar-refractivity contribution in [2.24, 2.45) is 5.41 Å². The van der Waals surface area contributed by atoms with Gasteiger partial charge in [0.1, 0.15) is 0 Å². The molecule has 0 aromatic carbocycles. The highest BCUT2D eigenvalue weighted by Gasteiger charge is 2.42. The van der Waals surface area contributed by atoms with Crippen LogP contribution < -0.4 is 10.6 Å². The Kier molecular flexibility index (Phi) is 2.99. The Morgan fingerprint density at radius 1 is 1.64 bits per heavy atom. The summed E-state index contributed by atoms with van der Waals surface area (Å²) in [5, 5.41) is 15.1. The van der Waals surface area contributed by atoms with Crippen molar-refractivity contribution in [3.63, 3.8) is 0 Å². The maximum Gasteiger partial charge on any atom is 0.238 e.